The zero-order valence-corrected chi connectivity index (χ0v) is 20.4. The molecule has 0 spiro atoms. The second kappa shape index (κ2) is 9.72. The molecule has 0 aliphatic carbocycles. The largest absolute Gasteiger partial charge is 0.433 e. The van der Waals surface area contributed by atoms with Crippen molar-refractivity contribution in [1.29, 1.82) is 0 Å². The molecule has 3 heterocycles. The minimum absolute atomic E-state index is 0.00984. The molecule has 2 aromatic heterocycles. The van der Waals surface area contributed by atoms with Crippen LogP contribution in [0, 0.1) is 0 Å². The van der Waals surface area contributed by atoms with Crippen LogP contribution in [0.3, 0.4) is 0 Å². The molecular formula is C25H20Cl2F3N5O. The minimum Gasteiger partial charge on any atom is -0.336 e. The molecule has 1 aliphatic heterocycles. The van der Waals surface area contributed by atoms with Crippen molar-refractivity contribution >= 4 is 34.8 Å². The van der Waals surface area contributed by atoms with Gasteiger partial charge in [-0.3, -0.25) is 9.69 Å². The standard InChI is InChI=1S/C25H20Cl2F3N5O/c26-19-7-6-17(12-20(19)27)21-13-22(25(28,29)30)35-23(32-21)18(14-31-35)24(36)34-10-8-33(9-11-34)15-16-4-2-1-3-5-16/h1-7,12-14H,8-11,15H2. The van der Waals surface area contributed by atoms with E-state index in [4.69, 9.17) is 23.2 Å². The summed E-state index contributed by atoms with van der Waals surface area (Å²) in [5.41, 5.74) is 0.336. The first-order valence-corrected chi connectivity index (χ1v) is 11.9. The Morgan fingerprint density at radius 3 is 2.33 bits per heavy atom. The number of aromatic nitrogens is 3. The Morgan fingerprint density at radius 1 is 0.944 bits per heavy atom. The molecule has 4 aromatic rings. The molecule has 186 valence electrons. The van der Waals surface area contributed by atoms with Gasteiger partial charge in [0.25, 0.3) is 5.91 Å². The summed E-state index contributed by atoms with van der Waals surface area (Å²) >= 11 is 12.0. The number of piperazine rings is 1. The maximum Gasteiger partial charge on any atom is 0.433 e. The highest BCUT2D eigenvalue weighted by Gasteiger charge is 2.36. The summed E-state index contributed by atoms with van der Waals surface area (Å²) in [7, 11) is 0. The Hall–Kier alpha value is -3.14. The average Bonchev–Trinajstić information content (AvgIpc) is 3.29. The minimum atomic E-state index is -4.72. The fourth-order valence-electron chi connectivity index (χ4n) is 4.24. The van der Waals surface area contributed by atoms with Crippen LogP contribution in [0.2, 0.25) is 10.0 Å². The summed E-state index contributed by atoms with van der Waals surface area (Å²) in [6, 6.07) is 15.3. The molecule has 11 heteroatoms. The van der Waals surface area contributed by atoms with Crippen LogP contribution < -0.4 is 0 Å². The fourth-order valence-corrected chi connectivity index (χ4v) is 4.54. The van der Waals surface area contributed by atoms with Crippen molar-refractivity contribution in [1.82, 2.24) is 24.4 Å². The lowest BCUT2D eigenvalue weighted by Gasteiger charge is -2.34. The predicted octanol–water partition coefficient (Wildman–Crippen LogP) is 5.68. The Balaban J connectivity index is 1.44. The third kappa shape index (κ3) is 4.91. The molecule has 0 radical (unpaired) electrons. The number of carbonyl (C=O) groups excluding carboxylic acids is 1. The number of hydrogen-bond acceptors (Lipinski definition) is 4. The van der Waals surface area contributed by atoms with E-state index in [1.807, 2.05) is 30.3 Å². The van der Waals surface area contributed by atoms with Gasteiger partial charge < -0.3 is 4.90 Å². The lowest BCUT2D eigenvalue weighted by Crippen LogP contribution is -2.48. The Bertz CT molecular complexity index is 1420. The molecule has 1 amide bonds. The van der Waals surface area contributed by atoms with Gasteiger partial charge in [0, 0.05) is 38.3 Å². The zero-order chi connectivity index (χ0) is 25.4. The molecule has 2 aromatic carbocycles. The molecule has 0 atom stereocenters. The smallest absolute Gasteiger partial charge is 0.336 e. The van der Waals surface area contributed by atoms with Crippen LogP contribution in [0.15, 0.2) is 60.8 Å². The van der Waals surface area contributed by atoms with Crippen LogP contribution in [0.1, 0.15) is 21.6 Å². The average molecular weight is 534 g/mol. The molecule has 1 fully saturated rings. The van der Waals surface area contributed by atoms with Crippen molar-refractivity contribution < 1.29 is 18.0 Å². The van der Waals surface area contributed by atoms with E-state index in [2.05, 4.69) is 15.0 Å². The third-order valence-electron chi connectivity index (χ3n) is 6.12. The highest BCUT2D eigenvalue weighted by Crippen LogP contribution is 2.34. The number of amides is 1. The lowest BCUT2D eigenvalue weighted by atomic mass is 10.1. The molecular weight excluding hydrogens is 514 g/mol. The zero-order valence-electron chi connectivity index (χ0n) is 18.8. The Morgan fingerprint density at radius 2 is 1.67 bits per heavy atom. The van der Waals surface area contributed by atoms with E-state index in [1.54, 1.807) is 4.90 Å². The predicted molar refractivity (Wildman–Crippen MR) is 131 cm³/mol. The van der Waals surface area contributed by atoms with E-state index < -0.39 is 17.8 Å². The lowest BCUT2D eigenvalue weighted by molar-refractivity contribution is -0.142. The Labute approximate surface area is 214 Å². The summed E-state index contributed by atoms with van der Waals surface area (Å²) in [5, 5.41) is 4.32. The first-order chi connectivity index (χ1) is 17.2. The highest BCUT2D eigenvalue weighted by atomic mass is 35.5. The molecule has 0 saturated carbocycles. The van der Waals surface area contributed by atoms with Crippen molar-refractivity contribution in [2.75, 3.05) is 26.2 Å². The van der Waals surface area contributed by atoms with Gasteiger partial charge in [0.2, 0.25) is 0 Å². The summed E-state index contributed by atoms with van der Waals surface area (Å²) in [4.78, 5) is 21.6. The first kappa shape index (κ1) is 24.5. The van der Waals surface area contributed by atoms with Crippen molar-refractivity contribution in [3.63, 3.8) is 0 Å². The number of alkyl halides is 3. The van der Waals surface area contributed by atoms with Crippen molar-refractivity contribution in [2.45, 2.75) is 12.7 Å². The third-order valence-corrected chi connectivity index (χ3v) is 6.86. The van der Waals surface area contributed by atoms with Crippen LogP contribution in [-0.4, -0.2) is 56.5 Å². The van der Waals surface area contributed by atoms with Gasteiger partial charge in [0.15, 0.2) is 11.3 Å². The first-order valence-electron chi connectivity index (χ1n) is 11.2. The molecule has 36 heavy (non-hydrogen) atoms. The van der Waals surface area contributed by atoms with E-state index >= 15 is 0 Å². The van der Waals surface area contributed by atoms with Crippen LogP contribution >= 0.6 is 23.2 Å². The fraction of sp³-hybridized carbons (Fsp3) is 0.240. The number of fused-ring (bicyclic) bond motifs is 1. The van der Waals surface area contributed by atoms with Gasteiger partial charge in [-0.05, 0) is 23.8 Å². The van der Waals surface area contributed by atoms with E-state index in [-0.39, 0.29) is 26.9 Å². The van der Waals surface area contributed by atoms with Crippen molar-refractivity contribution in [3.05, 3.63) is 87.7 Å². The molecule has 0 N–H and O–H groups in total. The van der Waals surface area contributed by atoms with Gasteiger partial charge in [-0.15, -0.1) is 0 Å². The maximum absolute atomic E-state index is 13.9. The topological polar surface area (TPSA) is 53.7 Å². The van der Waals surface area contributed by atoms with Gasteiger partial charge >= 0.3 is 6.18 Å². The number of nitrogens with zero attached hydrogens (tertiary/aromatic N) is 5. The Kier molecular flexibility index (Phi) is 6.63. The van der Waals surface area contributed by atoms with Crippen LogP contribution in [0.25, 0.3) is 16.9 Å². The summed E-state index contributed by atoms with van der Waals surface area (Å²) in [6.07, 6.45) is -3.57. The maximum atomic E-state index is 13.9. The second-order valence-electron chi connectivity index (χ2n) is 8.50. The van der Waals surface area contributed by atoms with E-state index in [9.17, 15) is 18.0 Å². The second-order valence-corrected chi connectivity index (χ2v) is 9.32. The molecule has 5 rings (SSSR count). The van der Waals surface area contributed by atoms with E-state index in [0.29, 0.717) is 36.3 Å². The summed E-state index contributed by atoms with van der Waals surface area (Å²) in [6.45, 7) is 2.96. The highest BCUT2D eigenvalue weighted by molar-refractivity contribution is 6.42. The van der Waals surface area contributed by atoms with Gasteiger partial charge in [-0.1, -0.05) is 59.6 Å². The molecule has 0 unspecified atom stereocenters. The molecule has 1 saturated heterocycles. The van der Waals surface area contributed by atoms with E-state index in [1.165, 1.54) is 23.8 Å². The SMILES string of the molecule is O=C(c1cnn2c(C(F)(F)F)cc(-c3ccc(Cl)c(Cl)c3)nc12)N1CCN(Cc2ccccc2)CC1. The number of rotatable bonds is 4. The monoisotopic (exact) mass is 533 g/mol. The van der Waals surface area contributed by atoms with Gasteiger partial charge in [-0.2, -0.15) is 18.3 Å². The normalized spacial score (nSPS) is 15.0. The summed E-state index contributed by atoms with van der Waals surface area (Å²) in [5.74, 6) is -0.406. The van der Waals surface area contributed by atoms with Crippen LogP contribution in [0.5, 0.6) is 0 Å². The molecule has 6 nitrogen and oxygen atoms in total. The number of hydrogen-bond donors (Lipinski definition) is 0. The van der Waals surface area contributed by atoms with Crippen molar-refractivity contribution in [2.24, 2.45) is 0 Å². The van der Waals surface area contributed by atoms with Gasteiger partial charge in [0.1, 0.15) is 5.56 Å². The molecule has 1 aliphatic rings. The van der Waals surface area contributed by atoms with Crippen molar-refractivity contribution in [3.8, 4) is 11.3 Å². The summed E-state index contributed by atoms with van der Waals surface area (Å²) < 4.78 is 42.4. The number of carbonyl (C=O) groups is 1. The van der Waals surface area contributed by atoms with Crippen LogP contribution in [-0.2, 0) is 12.7 Å². The number of halogens is 5. The number of benzene rings is 2. The van der Waals surface area contributed by atoms with Gasteiger partial charge in [-0.25, -0.2) is 9.50 Å². The van der Waals surface area contributed by atoms with Crippen LogP contribution in [0.4, 0.5) is 13.2 Å². The van der Waals surface area contributed by atoms with Gasteiger partial charge in [0.05, 0.1) is 21.9 Å². The molecule has 0 bridgehead atoms. The quantitative estimate of drug-likeness (QED) is 0.338. The van der Waals surface area contributed by atoms with E-state index in [0.717, 1.165) is 18.8 Å².